The Balaban J connectivity index is 2.60. The second kappa shape index (κ2) is 11.4. The van der Waals surface area contributed by atoms with Crippen molar-refractivity contribution in [3.8, 4) is 0 Å². The van der Waals surface area contributed by atoms with Crippen molar-refractivity contribution in [2.75, 3.05) is 0 Å². The van der Waals surface area contributed by atoms with Crippen molar-refractivity contribution in [3.05, 3.63) is 24.3 Å². The van der Waals surface area contributed by atoms with Gasteiger partial charge in [-0.2, -0.15) is 0 Å². The zero-order valence-electron chi connectivity index (χ0n) is 14.3. The minimum Gasteiger partial charge on any atom is -0.481 e. The summed E-state index contributed by atoms with van der Waals surface area (Å²) in [5.41, 5.74) is 0. The van der Waals surface area contributed by atoms with Crippen LogP contribution in [0.4, 0.5) is 0 Å². The van der Waals surface area contributed by atoms with E-state index in [1.165, 1.54) is 0 Å². The molecule has 24 heavy (non-hydrogen) atoms. The minimum absolute atomic E-state index is 0.0665. The maximum Gasteiger partial charge on any atom is 0.307 e. The van der Waals surface area contributed by atoms with Gasteiger partial charge in [0.2, 0.25) is 0 Å². The average Bonchev–Trinajstić information content (AvgIpc) is 2.51. The first-order chi connectivity index (χ1) is 11.4. The molecule has 6 heteroatoms. The van der Waals surface area contributed by atoms with Gasteiger partial charge in [0.15, 0.2) is 6.29 Å². The highest BCUT2D eigenvalue weighted by molar-refractivity contribution is 5.68. The van der Waals surface area contributed by atoms with Crippen molar-refractivity contribution in [2.45, 2.75) is 76.5 Å². The van der Waals surface area contributed by atoms with E-state index in [4.69, 9.17) is 9.84 Å². The van der Waals surface area contributed by atoms with Gasteiger partial charge in [-0.25, -0.2) is 0 Å². The number of carboxylic acid groups (broad SMARTS) is 1. The maximum absolute atomic E-state index is 10.5. The summed E-state index contributed by atoms with van der Waals surface area (Å²) in [4.78, 5) is 10.5. The average molecular weight is 342 g/mol. The van der Waals surface area contributed by atoms with Crippen LogP contribution < -0.4 is 0 Å². The summed E-state index contributed by atoms with van der Waals surface area (Å²) in [5.74, 6) is -1.19. The van der Waals surface area contributed by atoms with Gasteiger partial charge in [-0.1, -0.05) is 50.5 Å². The Morgan fingerprint density at radius 3 is 2.71 bits per heavy atom. The van der Waals surface area contributed by atoms with Gasteiger partial charge in [-0.15, -0.1) is 0 Å². The molecule has 4 N–H and O–H groups in total. The predicted octanol–water partition coefficient (Wildman–Crippen LogP) is 1.99. The first-order valence-electron chi connectivity index (χ1n) is 8.68. The zero-order chi connectivity index (χ0) is 17.9. The number of carbonyl (C=O) groups is 1. The molecule has 0 aromatic heterocycles. The largest absolute Gasteiger partial charge is 0.481 e. The molecule has 0 amide bonds. The van der Waals surface area contributed by atoms with Crippen LogP contribution in [-0.2, 0) is 9.53 Å². The number of allylic oxidation sites excluding steroid dienone is 1. The highest BCUT2D eigenvalue weighted by atomic mass is 16.6. The number of hydrogen-bond donors (Lipinski definition) is 4. The molecule has 5 atom stereocenters. The Labute approximate surface area is 143 Å². The zero-order valence-corrected chi connectivity index (χ0v) is 14.3. The van der Waals surface area contributed by atoms with Gasteiger partial charge in [0, 0.05) is 12.3 Å². The van der Waals surface area contributed by atoms with Gasteiger partial charge in [0.25, 0.3) is 0 Å². The van der Waals surface area contributed by atoms with Gasteiger partial charge in [0.05, 0.1) is 24.7 Å². The van der Waals surface area contributed by atoms with Crippen molar-refractivity contribution in [3.63, 3.8) is 0 Å². The lowest BCUT2D eigenvalue weighted by atomic mass is 9.87. The first kappa shape index (κ1) is 20.8. The fourth-order valence-corrected chi connectivity index (χ4v) is 2.79. The van der Waals surface area contributed by atoms with Crippen LogP contribution in [0.2, 0.25) is 0 Å². The van der Waals surface area contributed by atoms with E-state index in [0.717, 1.165) is 19.3 Å². The molecule has 0 radical (unpaired) electrons. The lowest BCUT2D eigenvalue weighted by Crippen LogP contribution is -2.43. The summed E-state index contributed by atoms with van der Waals surface area (Å²) in [6, 6.07) is 0. The number of unbranched alkanes of at least 4 members (excludes halogenated alkanes) is 2. The van der Waals surface area contributed by atoms with E-state index in [0.29, 0.717) is 12.8 Å². The molecule has 0 saturated carbocycles. The normalized spacial score (nSPS) is 29.3. The lowest BCUT2D eigenvalue weighted by Gasteiger charge is -2.36. The molecule has 1 aliphatic heterocycles. The van der Waals surface area contributed by atoms with Gasteiger partial charge < -0.3 is 25.2 Å². The molecule has 1 fully saturated rings. The molecule has 0 bridgehead atoms. The first-order valence-corrected chi connectivity index (χ1v) is 8.68. The SMILES string of the molecule is CCCCC[C@@H](O)/C=C/[C@H]1O[C@@H](O)C[C@@H](O)[C@H]1C/C=C\CC(=O)O. The molecule has 0 aliphatic carbocycles. The van der Waals surface area contributed by atoms with E-state index in [-0.39, 0.29) is 18.8 Å². The monoisotopic (exact) mass is 342 g/mol. The van der Waals surface area contributed by atoms with Gasteiger partial charge in [-0.3, -0.25) is 4.79 Å². The van der Waals surface area contributed by atoms with Crippen LogP contribution in [0.5, 0.6) is 0 Å². The third kappa shape index (κ3) is 8.06. The second-order valence-corrected chi connectivity index (χ2v) is 6.28. The molecule has 1 saturated heterocycles. The molecule has 1 rings (SSSR count). The van der Waals surface area contributed by atoms with Crippen molar-refractivity contribution in [1.82, 2.24) is 0 Å². The minimum atomic E-state index is -1.04. The van der Waals surface area contributed by atoms with Crippen molar-refractivity contribution >= 4 is 5.97 Å². The third-order valence-electron chi connectivity index (χ3n) is 4.17. The van der Waals surface area contributed by atoms with E-state index in [9.17, 15) is 20.1 Å². The van der Waals surface area contributed by atoms with Gasteiger partial charge in [0.1, 0.15) is 0 Å². The van der Waals surface area contributed by atoms with Crippen LogP contribution in [0, 0.1) is 5.92 Å². The number of carboxylic acids is 1. The number of ether oxygens (including phenoxy) is 1. The van der Waals surface area contributed by atoms with Crippen molar-refractivity contribution < 1.29 is 30.0 Å². The number of aliphatic hydroxyl groups is 3. The summed E-state index contributed by atoms with van der Waals surface area (Å²) < 4.78 is 5.47. The second-order valence-electron chi connectivity index (χ2n) is 6.28. The Morgan fingerprint density at radius 2 is 2.04 bits per heavy atom. The number of rotatable bonds is 10. The summed E-state index contributed by atoms with van der Waals surface area (Å²) in [7, 11) is 0. The summed E-state index contributed by atoms with van der Waals surface area (Å²) in [5, 5.41) is 38.4. The van der Waals surface area contributed by atoms with Crippen LogP contribution in [0.3, 0.4) is 0 Å². The van der Waals surface area contributed by atoms with E-state index >= 15 is 0 Å². The highest BCUT2D eigenvalue weighted by Crippen LogP contribution is 2.29. The summed E-state index contributed by atoms with van der Waals surface area (Å²) in [6.45, 7) is 2.10. The molecule has 1 heterocycles. The molecule has 0 spiro atoms. The fraction of sp³-hybridized carbons (Fsp3) is 0.722. The molecule has 1 aliphatic rings. The number of aliphatic carboxylic acids is 1. The van der Waals surface area contributed by atoms with Crippen LogP contribution in [-0.4, -0.2) is 51.0 Å². The smallest absolute Gasteiger partial charge is 0.307 e. The topological polar surface area (TPSA) is 107 Å². The summed E-state index contributed by atoms with van der Waals surface area (Å²) in [6.07, 6.45) is 8.01. The molecule has 6 nitrogen and oxygen atoms in total. The van der Waals surface area contributed by atoms with Crippen molar-refractivity contribution in [2.24, 2.45) is 5.92 Å². The summed E-state index contributed by atoms with van der Waals surface area (Å²) >= 11 is 0. The Kier molecular flexibility index (Phi) is 9.86. The molecule has 138 valence electrons. The Morgan fingerprint density at radius 1 is 1.29 bits per heavy atom. The van der Waals surface area contributed by atoms with Crippen LogP contribution >= 0.6 is 0 Å². The van der Waals surface area contributed by atoms with Gasteiger partial charge in [-0.05, 0) is 12.8 Å². The molecule has 0 aromatic rings. The molecular weight excluding hydrogens is 312 g/mol. The van der Waals surface area contributed by atoms with E-state index in [2.05, 4.69) is 6.92 Å². The Bertz CT molecular complexity index is 420. The van der Waals surface area contributed by atoms with Gasteiger partial charge >= 0.3 is 5.97 Å². The highest BCUT2D eigenvalue weighted by Gasteiger charge is 2.35. The van der Waals surface area contributed by atoms with E-state index in [1.54, 1.807) is 24.3 Å². The van der Waals surface area contributed by atoms with E-state index < -0.39 is 30.6 Å². The van der Waals surface area contributed by atoms with Crippen LogP contribution in [0.1, 0.15) is 51.9 Å². The van der Waals surface area contributed by atoms with Crippen LogP contribution in [0.15, 0.2) is 24.3 Å². The Hall–Kier alpha value is -1.21. The quantitative estimate of drug-likeness (QED) is 0.357. The predicted molar refractivity (Wildman–Crippen MR) is 90.3 cm³/mol. The maximum atomic E-state index is 10.5. The van der Waals surface area contributed by atoms with E-state index in [1.807, 2.05) is 0 Å². The standard InChI is InChI=1S/C18H30O6/c1-2-3-4-7-13(19)10-11-16-14(8-5-6-9-17(21)22)15(20)12-18(23)24-16/h5-6,10-11,13-16,18-20,23H,2-4,7-9,12H2,1H3,(H,21,22)/b6-5-,11-10+/t13-,14-,15-,16-,18-/m1/s1. The third-order valence-corrected chi connectivity index (χ3v) is 4.17. The molecule has 0 unspecified atom stereocenters. The number of aliphatic hydroxyl groups excluding tert-OH is 3. The molecule has 0 aromatic carbocycles. The number of hydrogen-bond acceptors (Lipinski definition) is 5. The fourth-order valence-electron chi connectivity index (χ4n) is 2.79. The van der Waals surface area contributed by atoms with Crippen LogP contribution in [0.25, 0.3) is 0 Å². The molecular formula is C18H30O6. The lowest BCUT2D eigenvalue weighted by molar-refractivity contribution is -0.199. The van der Waals surface area contributed by atoms with Crippen molar-refractivity contribution in [1.29, 1.82) is 0 Å².